The van der Waals surface area contributed by atoms with Gasteiger partial charge in [-0.3, -0.25) is 9.48 Å². The Labute approximate surface area is 144 Å². The highest BCUT2D eigenvalue weighted by Gasteiger charge is 2.15. The number of nitrogens with one attached hydrogen (secondary N) is 1. The summed E-state index contributed by atoms with van der Waals surface area (Å²) in [5, 5.41) is 10.8. The Bertz CT molecular complexity index is 828. The molecular formula is C17H19N5O3. The summed E-state index contributed by atoms with van der Waals surface area (Å²) < 4.78 is 12.2. The van der Waals surface area contributed by atoms with Gasteiger partial charge in [-0.05, 0) is 12.1 Å². The summed E-state index contributed by atoms with van der Waals surface area (Å²) in [5.74, 6) is 1.05. The molecule has 1 atom stereocenters. The molecule has 1 amide bonds. The molecule has 1 N–H and O–H groups in total. The molecule has 3 rings (SSSR count). The van der Waals surface area contributed by atoms with Crippen LogP contribution in [0.25, 0.3) is 11.3 Å². The van der Waals surface area contributed by atoms with Gasteiger partial charge in [0.15, 0.2) is 5.76 Å². The predicted octanol–water partition coefficient (Wildman–Crippen LogP) is 1.89. The minimum atomic E-state index is -0.230. The molecule has 0 aliphatic heterocycles. The zero-order chi connectivity index (χ0) is 17.6. The minimum Gasteiger partial charge on any atom is -0.497 e. The van der Waals surface area contributed by atoms with Crippen molar-refractivity contribution in [1.82, 2.24) is 25.2 Å². The molecule has 0 fully saturated rings. The molecule has 0 aliphatic rings. The number of benzene rings is 1. The van der Waals surface area contributed by atoms with E-state index >= 15 is 0 Å². The molecule has 0 bridgehead atoms. The quantitative estimate of drug-likeness (QED) is 0.705. The van der Waals surface area contributed by atoms with E-state index < -0.39 is 0 Å². The van der Waals surface area contributed by atoms with E-state index in [-0.39, 0.29) is 11.8 Å². The predicted molar refractivity (Wildman–Crippen MR) is 89.5 cm³/mol. The Morgan fingerprint density at radius 3 is 3.04 bits per heavy atom. The van der Waals surface area contributed by atoms with Gasteiger partial charge in [0.25, 0.3) is 0 Å². The first-order valence-corrected chi connectivity index (χ1v) is 7.86. The zero-order valence-corrected chi connectivity index (χ0v) is 14.0. The van der Waals surface area contributed by atoms with Gasteiger partial charge < -0.3 is 14.6 Å². The number of aromatic nitrogens is 4. The monoisotopic (exact) mass is 341 g/mol. The summed E-state index contributed by atoms with van der Waals surface area (Å²) >= 11 is 0. The Balaban J connectivity index is 1.57. The average Bonchev–Trinajstić information content (AvgIpc) is 3.31. The molecule has 8 heteroatoms. The van der Waals surface area contributed by atoms with Crippen LogP contribution in [-0.4, -0.2) is 32.9 Å². The van der Waals surface area contributed by atoms with E-state index in [9.17, 15) is 4.79 Å². The van der Waals surface area contributed by atoms with Crippen LogP contribution in [0.1, 0.15) is 12.6 Å². The topological polar surface area (TPSA) is 95.1 Å². The third-order valence-electron chi connectivity index (χ3n) is 3.73. The maximum atomic E-state index is 12.2. The summed E-state index contributed by atoms with van der Waals surface area (Å²) in [7, 11) is 1.61. The normalized spacial score (nSPS) is 11.9. The third-order valence-corrected chi connectivity index (χ3v) is 3.73. The summed E-state index contributed by atoms with van der Waals surface area (Å²) in [6.07, 6.45) is 3.03. The number of methoxy groups -OCH3 is 1. The van der Waals surface area contributed by atoms with Crippen molar-refractivity contribution in [2.45, 2.75) is 20.0 Å². The molecule has 1 unspecified atom stereocenters. The largest absolute Gasteiger partial charge is 0.497 e. The van der Waals surface area contributed by atoms with E-state index in [1.54, 1.807) is 24.2 Å². The van der Waals surface area contributed by atoms with Gasteiger partial charge in [0, 0.05) is 11.6 Å². The Morgan fingerprint density at radius 2 is 2.28 bits per heavy atom. The van der Waals surface area contributed by atoms with Gasteiger partial charge in [0.1, 0.15) is 24.1 Å². The van der Waals surface area contributed by atoms with E-state index in [0.717, 1.165) is 11.3 Å². The average molecular weight is 341 g/mol. The highest BCUT2D eigenvalue weighted by molar-refractivity contribution is 5.78. The minimum absolute atomic E-state index is 0.0820. The van der Waals surface area contributed by atoms with Gasteiger partial charge in [-0.15, -0.1) is 0 Å². The molecule has 0 radical (unpaired) electrons. The highest BCUT2D eigenvalue weighted by atomic mass is 16.5. The van der Waals surface area contributed by atoms with Crippen LogP contribution < -0.4 is 10.1 Å². The number of nitrogens with zero attached hydrogens (tertiary/aromatic N) is 4. The number of carbonyl (C=O) groups excluding carboxylic acids is 1. The van der Waals surface area contributed by atoms with Crippen LogP contribution in [0.4, 0.5) is 0 Å². The van der Waals surface area contributed by atoms with Crippen molar-refractivity contribution < 1.29 is 14.1 Å². The van der Waals surface area contributed by atoms with E-state index in [2.05, 4.69) is 20.6 Å². The maximum Gasteiger partial charge on any atom is 0.225 e. The van der Waals surface area contributed by atoms with Gasteiger partial charge in [-0.1, -0.05) is 24.2 Å². The standard InChI is InChI=1S/C17H19N5O3/c1-12(9-22-11-18-10-20-22)17(23)19-8-14-7-16(25-21-14)13-4-3-5-15(6-13)24-2/h3-7,10-12H,8-9H2,1-2H3,(H,19,23). The van der Waals surface area contributed by atoms with Crippen molar-refractivity contribution in [2.75, 3.05) is 7.11 Å². The fourth-order valence-corrected chi connectivity index (χ4v) is 2.35. The number of hydrogen-bond donors (Lipinski definition) is 1. The maximum absolute atomic E-state index is 12.2. The van der Waals surface area contributed by atoms with Crippen LogP contribution in [0.2, 0.25) is 0 Å². The van der Waals surface area contributed by atoms with Crippen molar-refractivity contribution in [3.8, 4) is 17.1 Å². The van der Waals surface area contributed by atoms with Crippen molar-refractivity contribution in [3.63, 3.8) is 0 Å². The van der Waals surface area contributed by atoms with Gasteiger partial charge in [-0.2, -0.15) is 5.10 Å². The molecule has 1 aromatic carbocycles. The smallest absolute Gasteiger partial charge is 0.225 e. The number of hydrogen-bond acceptors (Lipinski definition) is 6. The van der Waals surface area contributed by atoms with Gasteiger partial charge in [0.05, 0.1) is 26.1 Å². The first kappa shape index (κ1) is 16.7. The van der Waals surface area contributed by atoms with E-state index in [0.29, 0.717) is 24.5 Å². The van der Waals surface area contributed by atoms with E-state index in [1.807, 2.05) is 31.2 Å². The molecule has 2 aromatic heterocycles. The molecule has 0 spiro atoms. The van der Waals surface area contributed by atoms with Gasteiger partial charge >= 0.3 is 0 Å². The molecule has 8 nitrogen and oxygen atoms in total. The molecule has 0 aliphatic carbocycles. The second-order valence-corrected chi connectivity index (χ2v) is 5.65. The van der Waals surface area contributed by atoms with Gasteiger partial charge in [-0.25, -0.2) is 4.98 Å². The first-order valence-electron chi connectivity index (χ1n) is 7.86. The summed E-state index contributed by atoms with van der Waals surface area (Å²) in [5.41, 5.74) is 1.52. The number of rotatable bonds is 7. The Kier molecular flexibility index (Phi) is 5.08. The summed E-state index contributed by atoms with van der Waals surface area (Å²) in [6, 6.07) is 9.31. The second kappa shape index (κ2) is 7.61. The fourth-order valence-electron chi connectivity index (χ4n) is 2.35. The Morgan fingerprint density at radius 1 is 1.40 bits per heavy atom. The molecule has 2 heterocycles. The van der Waals surface area contributed by atoms with Crippen molar-refractivity contribution in [2.24, 2.45) is 5.92 Å². The lowest BCUT2D eigenvalue weighted by atomic mass is 10.1. The van der Waals surface area contributed by atoms with E-state index in [4.69, 9.17) is 9.26 Å². The highest BCUT2D eigenvalue weighted by Crippen LogP contribution is 2.24. The first-order chi connectivity index (χ1) is 12.2. The van der Waals surface area contributed by atoms with Crippen LogP contribution in [0.3, 0.4) is 0 Å². The number of ether oxygens (including phenoxy) is 1. The number of amides is 1. The molecule has 0 saturated heterocycles. The second-order valence-electron chi connectivity index (χ2n) is 5.65. The van der Waals surface area contributed by atoms with Crippen molar-refractivity contribution in [1.29, 1.82) is 0 Å². The SMILES string of the molecule is COc1cccc(-c2cc(CNC(=O)C(C)Cn3cncn3)no2)c1. The molecule has 25 heavy (non-hydrogen) atoms. The van der Waals surface area contributed by atoms with Crippen LogP contribution in [0, 0.1) is 5.92 Å². The lowest BCUT2D eigenvalue weighted by molar-refractivity contribution is -0.125. The van der Waals surface area contributed by atoms with Crippen LogP contribution in [0.15, 0.2) is 47.5 Å². The van der Waals surface area contributed by atoms with Crippen LogP contribution in [-0.2, 0) is 17.9 Å². The molecule has 0 saturated carbocycles. The molecule has 3 aromatic rings. The zero-order valence-electron chi connectivity index (χ0n) is 14.0. The van der Waals surface area contributed by atoms with Crippen molar-refractivity contribution >= 4 is 5.91 Å². The van der Waals surface area contributed by atoms with Crippen LogP contribution >= 0.6 is 0 Å². The molecule has 130 valence electrons. The van der Waals surface area contributed by atoms with Crippen molar-refractivity contribution in [3.05, 3.63) is 48.7 Å². The Hall–Kier alpha value is -3.16. The molecular weight excluding hydrogens is 322 g/mol. The third kappa shape index (κ3) is 4.23. The summed E-state index contributed by atoms with van der Waals surface area (Å²) in [4.78, 5) is 16.0. The van der Waals surface area contributed by atoms with Crippen LogP contribution in [0.5, 0.6) is 5.75 Å². The van der Waals surface area contributed by atoms with Gasteiger partial charge in [0.2, 0.25) is 5.91 Å². The lowest BCUT2D eigenvalue weighted by Crippen LogP contribution is -2.31. The van der Waals surface area contributed by atoms with E-state index in [1.165, 1.54) is 6.33 Å². The lowest BCUT2D eigenvalue weighted by Gasteiger charge is -2.10. The number of carbonyl (C=O) groups is 1. The fraction of sp³-hybridized carbons (Fsp3) is 0.294. The summed E-state index contributed by atoms with van der Waals surface area (Å²) in [6.45, 7) is 2.61.